The fraction of sp³-hybridized carbons (Fsp3) is 0.240. The molecule has 0 radical (unpaired) electrons. The molecule has 38 heavy (non-hydrogen) atoms. The Bertz CT molecular complexity index is 1360. The van der Waals surface area contributed by atoms with Gasteiger partial charge in [-0.2, -0.15) is 13.2 Å². The number of nitrogen functional groups attached to an aromatic ring is 1. The molecular formula is C25H22F4N6O3. The molecule has 1 aliphatic heterocycles. The Hall–Kier alpha value is -4.39. The number of nitrogens with one attached hydrogen (secondary N) is 2. The lowest BCUT2D eigenvalue weighted by Crippen LogP contribution is -2.42. The molecule has 2 amide bonds. The van der Waals surface area contributed by atoms with Crippen molar-refractivity contribution in [2.75, 3.05) is 24.3 Å². The van der Waals surface area contributed by atoms with Crippen LogP contribution in [-0.4, -0.2) is 41.2 Å². The van der Waals surface area contributed by atoms with Crippen LogP contribution in [0.25, 0.3) is 0 Å². The summed E-state index contributed by atoms with van der Waals surface area (Å²) >= 11 is 0. The van der Waals surface area contributed by atoms with E-state index in [4.69, 9.17) is 10.5 Å². The number of anilines is 3. The number of halogens is 4. The summed E-state index contributed by atoms with van der Waals surface area (Å²) in [5.41, 5.74) is 4.14. The smallest absolute Gasteiger partial charge is 0.397 e. The van der Waals surface area contributed by atoms with E-state index in [1.807, 2.05) is 0 Å². The van der Waals surface area contributed by atoms with Gasteiger partial charge in [-0.15, -0.1) is 0 Å². The Morgan fingerprint density at radius 1 is 1.16 bits per heavy atom. The molecule has 2 aromatic heterocycles. The van der Waals surface area contributed by atoms with Crippen molar-refractivity contribution in [2.24, 2.45) is 10.4 Å². The van der Waals surface area contributed by atoms with Crippen molar-refractivity contribution in [1.29, 1.82) is 0 Å². The second-order valence-electron chi connectivity index (χ2n) is 8.56. The number of alkyl halides is 3. The first-order valence-corrected chi connectivity index (χ1v) is 11.3. The van der Waals surface area contributed by atoms with Gasteiger partial charge in [-0.25, -0.2) is 9.38 Å². The number of carbonyl (C=O) groups is 2. The minimum Gasteiger partial charge on any atom is -0.397 e. The zero-order valence-corrected chi connectivity index (χ0v) is 19.8. The topological polar surface area (TPSA) is 132 Å². The third-order valence-electron chi connectivity index (χ3n) is 5.76. The van der Waals surface area contributed by atoms with Crippen molar-refractivity contribution in [3.63, 3.8) is 0 Å². The van der Waals surface area contributed by atoms with E-state index < -0.39 is 34.8 Å². The number of hydrogen-bond donors (Lipinski definition) is 3. The fourth-order valence-electron chi connectivity index (χ4n) is 3.72. The summed E-state index contributed by atoms with van der Waals surface area (Å²) in [6.07, 6.45) is 0.820. The zero-order chi connectivity index (χ0) is 27.3. The molecule has 9 nitrogen and oxygen atoms in total. The summed E-state index contributed by atoms with van der Waals surface area (Å²) in [4.78, 5) is 37.3. The van der Waals surface area contributed by atoms with Crippen LogP contribution in [0.2, 0.25) is 0 Å². The molecule has 198 valence electrons. The standard InChI is InChI=1S/C25H22F4N6O3/c26-16-1-4-21(20(8-16)25(27,28)29)35-19-3-2-18(32-12-19)11-33-23(37)24(5-6-38-14-24)13-34-22(36)15-7-17(30)10-31-9-15/h1-4,7-10,12-13,35H,5-6,11,14,30H2,(H,33,37)/t24-/m0/s1. The Labute approximate surface area is 214 Å². The van der Waals surface area contributed by atoms with E-state index in [-0.39, 0.29) is 30.1 Å². The van der Waals surface area contributed by atoms with Crippen LogP contribution in [0, 0.1) is 11.2 Å². The van der Waals surface area contributed by atoms with E-state index in [0.717, 1.165) is 12.1 Å². The van der Waals surface area contributed by atoms with Gasteiger partial charge in [0, 0.05) is 25.2 Å². The molecular weight excluding hydrogens is 508 g/mol. The van der Waals surface area contributed by atoms with Crippen molar-refractivity contribution in [3.05, 3.63) is 77.6 Å². The van der Waals surface area contributed by atoms with Gasteiger partial charge >= 0.3 is 6.18 Å². The van der Waals surface area contributed by atoms with Gasteiger partial charge < -0.3 is 21.1 Å². The van der Waals surface area contributed by atoms with E-state index in [9.17, 15) is 27.2 Å². The highest BCUT2D eigenvalue weighted by atomic mass is 19.4. The number of carbonyl (C=O) groups excluding carboxylic acids is 2. The molecule has 3 heterocycles. The Morgan fingerprint density at radius 3 is 2.63 bits per heavy atom. The minimum absolute atomic E-state index is 0.00609. The van der Waals surface area contributed by atoms with Gasteiger partial charge in [0.1, 0.15) is 11.2 Å². The summed E-state index contributed by atoms with van der Waals surface area (Å²) in [6, 6.07) is 6.74. The number of pyridine rings is 2. The summed E-state index contributed by atoms with van der Waals surface area (Å²) in [7, 11) is 0. The lowest BCUT2D eigenvalue weighted by Gasteiger charge is -2.21. The molecule has 0 aliphatic carbocycles. The van der Waals surface area contributed by atoms with E-state index in [0.29, 0.717) is 30.5 Å². The average Bonchev–Trinajstić information content (AvgIpc) is 3.37. The first kappa shape index (κ1) is 26.7. The van der Waals surface area contributed by atoms with Crippen molar-refractivity contribution in [1.82, 2.24) is 15.3 Å². The molecule has 1 aromatic carbocycles. The summed E-state index contributed by atoms with van der Waals surface area (Å²) < 4.78 is 58.4. The lowest BCUT2D eigenvalue weighted by atomic mass is 9.87. The number of aliphatic imine (C=N–C) groups is 1. The van der Waals surface area contributed by atoms with Crippen LogP contribution in [0.1, 0.15) is 28.0 Å². The van der Waals surface area contributed by atoms with Crippen LogP contribution in [-0.2, 0) is 22.3 Å². The quantitative estimate of drug-likeness (QED) is 0.312. The molecule has 0 unspecified atom stereocenters. The maximum absolute atomic E-state index is 13.3. The first-order chi connectivity index (χ1) is 18.1. The Kier molecular flexibility index (Phi) is 7.67. The third-order valence-corrected chi connectivity index (χ3v) is 5.76. The van der Waals surface area contributed by atoms with Crippen LogP contribution >= 0.6 is 0 Å². The monoisotopic (exact) mass is 530 g/mol. The first-order valence-electron chi connectivity index (χ1n) is 11.3. The van der Waals surface area contributed by atoms with Crippen LogP contribution in [0.4, 0.5) is 34.6 Å². The minimum atomic E-state index is -4.75. The van der Waals surface area contributed by atoms with Gasteiger partial charge in [0.2, 0.25) is 5.91 Å². The second kappa shape index (κ2) is 10.9. The highest BCUT2D eigenvalue weighted by molar-refractivity contribution is 6.05. The summed E-state index contributed by atoms with van der Waals surface area (Å²) in [5, 5.41) is 5.31. The van der Waals surface area contributed by atoms with Gasteiger partial charge in [0.15, 0.2) is 0 Å². The maximum Gasteiger partial charge on any atom is 0.418 e. The summed E-state index contributed by atoms with van der Waals surface area (Å²) in [6.45, 7) is 0.335. The number of aromatic nitrogens is 2. The van der Waals surface area contributed by atoms with E-state index in [2.05, 4.69) is 25.6 Å². The van der Waals surface area contributed by atoms with Crippen molar-refractivity contribution >= 4 is 35.1 Å². The molecule has 0 bridgehead atoms. The van der Waals surface area contributed by atoms with Crippen LogP contribution in [0.3, 0.4) is 0 Å². The third kappa shape index (κ3) is 6.29. The van der Waals surface area contributed by atoms with Crippen LogP contribution < -0.4 is 16.4 Å². The number of hydrogen-bond acceptors (Lipinski definition) is 7. The van der Waals surface area contributed by atoms with Gasteiger partial charge in [-0.05, 0) is 42.8 Å². The van der Waals surface area contributed by atoms with Crippen LogP contribution in [0.5, 0.6) is 0 Å². The van der Waals surface area contributed by atoms with Crippen molar-refractivity contribution in [2.45, 2.75) is 19.1 Å². The molecule has 3 aromatic rings. The molecule has 1 aliphatic rings. The molecule has 1 atom stereocenters. The number of amides is 2. The van der Waals surface area contributed by atoms with E-state index >= 15 is 0 Å². The van der Waals surface area contributed by atoms with Gasteiger partial charge in [-0.3, -0.25) is 19.6 Å². The maximum atomic E-state index is 13.3. The average molecular weight is 530 g/mol. The molecule has 1 fully saturated rings. The highest BCUT2D eigenvalue weighted by Gasteiger charge is 2.41. The molecule has 4 rings (SSSR count). The normalized spacial score (nSPS) is 17.5. The molecule has 13 heteroatoms. The van der Waals surface area contributed by atoms with E-state index in [1.54, 1.807) is 0 Å². The SMILES string of the molecule is Nc1cncc(C(=O)N=C[C@@]2(C(=O)NCc3ccc(Nc4ccc(F)cc4C(F)(F)F)cn3)CCOC2)c1. The van der Waals surface area contributed by atoms with Gasteiger partial charge in [0.25, 0.3) is 5.91 Å². The van der Waals surface area contributed by atoms with Crippen molar-refractivity contribution in [3.8, 4) is 0 Å². The predicted octanol–water partition coefficient (Wildman–Crippen LogP) is 3.89. The molecule has 0 saturated carbocycles. The number of nitrogens with zero attached hydrogens (tertiary/aromatic N) is 3. The van der Waals surface area contributed by atoms with Crippen LogP contribution in [0.15, 0.2) is 60.0 Å². The van der Waals surface area contributed by atoms with Gasteiger partial charge in [0.05, 0.1) is 53.2 Å². The second-order valence-corrected chi connectivity index (χ2v) is 8.56. The molecule has 0 spiro atoms. The van der Waals surface area contributed by atoms with E-state index in [1.165, 1.54) is 43.0 Å². The number of benzene rings is 1. The summed E-state index contributed by atoms with van der Waals surface area (Å²) in [5.74, 6) is -2.04. The fourth-order valence-corrected chi connectivity index (χ4v) is 3.72. The van der Waals surface area contributed by atoms with Crippen molar-refractivity contribution < 1.29 is 31.9 Å². The predicted molar refractivity (Wildman–Crippen MR) is 130 cm³/mol. The number of rotatable bonds is 7. The zero-order valence-electron chi connectivity index (χ0n) is 19.8. The molecule has 1 saturated heterocycles. The number of ether oxygens (including phenoxy) is 1. The Morgan fingerprint density at radius 2 is 1.97 bits per heavy atom. The lowest BCUT2D eigenvalue weighted by molar-refractivity contribution is -0.137. The Balaban J connectivity index is 1.40. The highest BCUT2D eigenvalue weighted by Crippen LogP contribution is 2.36. The molecule has 4 N–H and O–H groups in total. The number of nitrogens with two attached hydrogens (primary N) is 1. The van der Waals surface area contributed by atoms with Gasteiger partial charge in [-0.1, -0.05) is 0 Å². The largest absolute Gasteiger partial charge is 0.418 e.